The second kappa shape index (κ2) is 7.99. The maximum absolute atomic E-state index is 12.8. The number of nitro groups is 1. The van der Waals surface area contributed by atoms with Crippen LogP contribution < -0.4 is 0 Å². The number of nitrogens with zero attached hydrogens (tertiary/aromatic N) is 3. The van der Waals surface area contributed by atoms with Crippen molar-refractivity contribution < 1.29 is 9.72 Å². The van der Waals surface area contributed by atoms with E-state index in [0.29, 0.717) is 23.3 Å². The van der Waals surface area contributed by atoms with E-state index in [1.54, 1.807) is 17.9 Å². The highest BCUT2D eigenvalue weighted by atomic mass is 32.2. The summed E-state index contributed by atoms with van der Waals surface area (Å²) >= 11 is 1.49. The fourth-order valence-corrected chi connectivity index (χ4v) is 3.74. The van der Waals surface area contributed by atoms with Crippen LogP contribution in [0.4, 0.5) is 11.4 Å². The summed E-state index contributed by atoms with van der Waals surface area (Å²) in [4.78, 5) is 29.7. The summed E-state index contributed by atoms with van der Waals surface area (Å²) in [6, 6.07) is 4.61. The van der Waals surface area contributed by atoms with Gasteiger partial charge in [-0.1, -0.05) is 45.9 Å². The molecule has 1 aromatic rings. The Balaban J connectivity index is 2.37. The number of carbonyl (C=O) groups is 1. The summed E-state index contributed by atoms with van der Waals surface area (Å²) in [5.41, 5.74) is 1.44. The molecular formula is C18H25N3O3S. The van der Waals surface area contributed by atoms with Crippen molar-refractivity contribution in [2.24, 2.45) is 16.8 Å². The second-order valence-electron chi connectivity index (χ2n) is 6.87. The summed E-state index contributed by atoms with van der Waals surface area (Å²) in [5, 5.41) is 11.5. The number of non-ortho nitro benzene ring substituents is 1. The lowest BCUT2D eigenvalue weighted by Gasteiger charge is -2.20. The van der Waals surface area contributed by atoms with Crippen LogP contribution in [-0.4, -0.2) is 32.7 Å². The molecule has 1 heterocycles. The normalized spacial score (nSPS) is 20.6. The first kappa shape index (κ1) is 19.4. The van der Waals surface area contributed by atoms with Crippen LogP contribution in [0, 0.1) is 28.9 Å². The molecule has 7 heteroatoms. The average molecular weight is 363 g/mol. The molecule has 0 aromatic heterocycles. The Kier molecular flexibility index (Phi) is 6.21. The molecule has 25 heavy (non-hydrogen) atoms. The molecule has 1 aromatic carbocycles. The number of amides is 1. The molecule has 1 aliphatic rings. The topological polar surface area (TPSA) is 75.8 Å². The predicted molar refractivity (Wildman–Crippen MR) is 102 cm³/mol. The van der Waals surface area contributed by atoms with E-state index < -0.39 is 4.92 Å². The van der Waals surface area contributed by atoms with Gasteiger partial charge in [0.15, 0.2) is 5.17 Å². The molecule has 1 amide bonds. The van der Waals surface area contributed by atoms with Gasteiger partial charge < -0.3 is 0 Å². The second-order valence-corrected chi connectivity index (χ2v) is 7.98. The number of rotatable bonds is 6. The maximum Gasteiger partial charge on any atom is 0.269 e. The monoisotopic (exact) mass is 363 g/mol. The Morgan fingerprint density at radius 2 is 2.04 bits per heavy atom. The van der Waals surface area contributed by atoms with E-state index in [1.165, 1.54) is 23.9 Å². The van der Waals surface area contributed by atoms with E-state index in [1.807, 2.05) is 13.8 Å². The molecule has 2 unspecified atom stereocenters. The largest absolute Gasteiger partial charge is 0.290 e. The van der Waals surface area contributed by atoms with Crippen molar-refractivity contribution in [2.45, 2.75) is 46.3 Å². The number of aliphatic imine (C=N–C) groups is 1. The first-order chi connectivity index (χ1) is 11.7. The molecule has 0 aliphatic carbocycles. The van der Waals surface area contributed by atoms with Gasteiger partial charge in [0.25, 0.3) is 5.69 Å². The molecule has 2 rings (SSSR count). The Labute approximate surface area is 152 Å². The van der Waals surface area contributed by atoms with Gasteiger partial charge in [-0.2, -0.15) is 0 Å². The third-order valence-electron chi connectivity index (χ3n) is 4.38. The van der Waals surface area contributed by atoms with Crippen LogP contribution in [-0.2, 0) is 4.79 Å². The minimum atomic E-state index is -0.415. The summed E-state index contributed by atoms with van der Waals surface area (Å²) in [5.74, 6) is 0.722. The van der Waals surface area contributed by atoms with Crippen molar-refractivity contribution in [3.05, 3.63) is 33.9 Å². The first-order valence-electron chi connectivity index (χ1n) is 8.56. The van der Waals surface area contributed by atoms with Crippen molar-refractivity contribution in [1.82, 2.24) is 4.90 Å². The van der Waals surface area contributed by atoms with Gasteiger partial charge in [0.1, 0.15) is 0 Å². The fraction of sp³-hybridized carbons (Fsp3) is 0.556. The number of hydrogen-bond donors (Lipinski definition) is 0. The third-order valence-corrected chi connectivity index (χ3v) is 5.90. The molecule has 1 fully saturated rings. The summed E-state index contributed by atoms with van der Waals surface area (Å²) in [6.07, 6.45) is 0.991. The zero-order valence-electron chi connectivity index (χ0n) is 15.4. The molecular weight excluding hydrogens is 338 g/mol. The quantitative estimate of drug-likeness (QED) is 0.549. The molecule has 0 spiro atoms. The lowest BCUT2D eigenvalue weighted by atomic mass is 10.1. The van der Waals surface area contributed by atoms with E-state index in [4.69, 9.17) is 0 Å². The lowest BCUT2D eigenvalue weighted by molar-refractivity contribution is -0.384. The Morgan fingerprint density at radius 3 is 2.56 bits per heavy atom. The molecule has 0 radical (unpaired) electrons. The van der Waals surface area contributed by atoms with Crippen LogP contribution in [0.2, 0.25) is 0 Å². The van der Waals surface area contributed by atoms with Gasteiger partial charge in [-0.25, -0.2) is 4.99 Å². The van der Waals surface area contributed by atoms with Gasteiger partial charge in [-0.15, -0.1) is 0 Å². The van der Waals surface area contributed by atoms with Crippen LogP contribution in [0.3, 0.4) is 0 Å². The first-order valence-corrected chi connectivity index (χ1v) is 9.44. The number of nitro benzene ring substituents is 1. The highest BCUT2D eigenvalue weighted by Crippen LogP contribution is 2.35. The third kappa shape index (κ3) is 4.39. The number of carbonyl (C=O) groups excluding carboxylic acids is 1. The van der Waals surface area contributed by atoms with Gasteiger partial charge >= 0.3 is 0 Å². The van der Waals surface area contributed by atoms with Gasteiger partial charge in [0.2, 0.25) is 5.91 Å². The number of benzene rings is 1. The van der Waals surface area contributed by atoms with Gasteiger partial charge in [-0.3, -0.25) is 19.8 Å². The highest BCUT2D eigenvalue weighted by Gasteiger charge is 2.40. The Bertz CT molecular complexity index is 703. The van der Waals surface area contributed by atoms with Crippen molar-refractivity contribution in [2.75, 3.05) is 6.54 Å². The number of aryl methyl sites for hydroxylation is 1. The van der Waals surface area contributed by atoms with Crippen molar-refractivity contribution in [3.63, 3.8) is 0 Å². The van der Waals surface area contributed by atoms with Crippen molar-refractivity contribution >= 4 is 34.2 Å². The smallest absolute Gasteiger partial charge is 0.269 e. The molecule has 2 atom stereocenters. The Morgan fingerprint density at radius 1 is 1.36 bits per heavy atom. The molecule has 0 N–H and O–H groups in total. The minimum Gasteiger partial charge on any atom is -0.290 e. The summed E-state index contributed by atoms with van der Waals surface area (Å²) in [7, 11) is 0. The van der Waals surface area contributed by atoms with E-state index in [9.17, 15) is 14.9 Å². The van der Waals surface area contributed by atoms with Crippen molar-refractivity contribution in [3.8, 4) is 0 Å². The van der Waals surface area contributed by atoms with E-state index >= 15 is 0 Å². The zero-order valence-corrected chi connectivity index (χ0v) is 16.2. The summed E-state index contributed by atoms with van der Waals surface area (Å²) in [6.45, 7) is 10.8. The highest BCUT2D eigenvalue weighted by molar-refractivity contribution is 8.15. The minimum absolute atomic E-state index is 0.0492. The van der Waals surface area contributed by atoms with Crippen LogP contribution in [0.5, 0.6) is 0 Å². The van der Waals surface area contributed by atoms with Crippen LogP contribution in [0.15, 0.2) is 23.2 Å². The molecule has 0 saturated carbocycles. The van der Waals surface area contributed by atoms with E-state index in [2.05, 4.69) is 18.8 Å². The number of amidine groups is 1. The fourth-order valence-electron chi connectivity index (χ4n) is 2.57. The number of hydrogen-bond acceptors (Lipinski definition) is 5. The molecule has 1 aliphatic heterocycles. The summed E-state index contributed by atoms with van der Waals surface area (Å²) < 4.78 is 0. The van der Waals surface area contributed by atoms with Gasteiger partial charge in [0, 0.05) is 18.7 Å². The molecule has 6 nitrogen and oxygen atoms in total. The van der Waals surface area contributed by atoms with Crippen LogP contribution in [0.25, 0.3) is 0 Å². The average Bonchev–Trinajstić information content (AvgIpc) is 2.85. The maximum atomic E-state index is 12.8. The zero-order chi connectivity index (χ0) is 18.7. The SMILES string of the molecule is CCC(C)CN1C(=O)C(C(C)C)SC1=Nc1ccc([N+](=O)[O-])cc1C. The Hall–Kier alpha value is -1.89. The van der Waals surface area contributed by atoms with Crippen molar-refractivity contribution in [1.29, 1.82) is 0 Å². The molecule has 136 valence electrons. The predicted octanol–water partition coefficient (Wildman–Crippen LogP) is 4.54. The van der Waals surface area contributed by atoms with Crippen LogP contribution >= 0.6 is 11.8 Å². The van der Waals surface area contributed by atoms with Crippen LogP contribution in [0.1, 0.15) is 39.7 Å². The van der Waals surface area contributed by atoms with E-state index in [-0.39, 0.29) is 22.8 Å². The van der Waals surface area contributed by atoms with E-state index in [0.717, 1.165) is 12.0 Å². The lowest BCUT2D eigenvalue weighted by Crippen LogP contribution is -2.36. The standard InChI is InChI=1S/C18H25N3O3S/c1-6-12(4)10-20-17(22)16(11(2)3)25-18(20)19-15-8-7-14(21(23)24)9-13(15)5/h7-9,11-12,16H,6,10H2,1-5H3. The molecule has 1 saturated heterocycles. The number of thioether (sulfide) groups is 1. The van der Waals surface area contributed by atoms with Gasteiger partial charge in [-0.05, 0) is 30.4 Å². The molecule has 0 bridgehead atoms. The van der Waals surface area contributed by atoms with Gasteiger partial charge in [0.05, 0.1) is 15.9 Å².